The minimum absolute atomic E-state index is 0.0212. The minimum Gasteiger partial charge on any atom is -0.479 e. The molecule has 3 aromatic heterocycles. The highest BCUT2D eigenvalue weighted by molar-refractivity contribution is 5.89. The zero-order valence-corrected chi connectivity index (χ0v) is 19.4. The number of methoxy groups -OCH3 is 1. The highest BCUT2D eigenvalue weighted by Gasteiger charge is 2.44. The molecule has 0 amide bonds. The van der Waals surface area contributed by atoms with Crippen LogP contribution in [0.25, 0.3) is 27.7 Å². The first-order valence-electron chi connectivity index (χ1n) is 11.2. The van der Waals surface area contributed by atoms with Gasteiger partial charge >= 0.3 is 0 Å². The lowest BCUT2D eigenvalue weighted by molar-refractivity contribution is -0.0675. The third kappa shape index (κ3) is 4.40. The van der Waals surface area contributed by atoms with Gasteiger partial charge in [0.1, 0.15) is 11.0 Å². The second kappa shape index (κ2) is 9.15. The predicted octanol–water partition coefficient (Wildman–Crippen LogP) is 3.70. The van der Waals surface area contributed by atoms with Crippen molar-refractivity contribution in [3.8, 4) is 17.0 Å². The number of nitrogens with one attached hydrogen (secondary N) is 1. The van der Waals surface area contributed by atoms with Gasteiger partial charge in [0, 0.05) is 19.5 Å². The average Bonchev–Trinajstić information content (AvgIpc) is 3.37. The van der Waals surface area contributed by atoms with Crippen LogP contribution in [-0.4, -0.2) is 80.1 Å². The second-order valence-electron chi connectivity index (χ2n) is 8.77. The molecule has 36 heavy (non-hydrogen) atoms. The second-order valence-corrected chi connectivity index (χ2v) is 8.77. The summed E-state index contributed by atoms with van der Waals surface area (Å²) in [5, 5.41) is 14.7. The molecule has 192 valence electrons. The first-order valence-corrected chi connectivity index (χ1v) is 11.2. The molecule has 0 aliphatic carbocycles. The average molecular weight is 510 g/mol. The van der Waals surface area contributed by atoms with Crippen LogP contribution in [0.3, 0.4) is 0 Å². The molecule has 0 bridgehead atoms. The normalized spacial score (nSPS) is 18.4. The number of hydrogen-bond acceptors (Lipinski definition) is 7. The molecular formula is C22H23F5N8O. The van der Waals surface area contributed by atoms with E-state index in [-0.39, 0.29) is 35.9 Å². The smallest absolute Gasteiger partial charge is 0.280 e. The van der Waals surface area contributed by atoms with E-state index in [1.54, 1.807) is 30.1 Å². The molecule has 0 spiro atoms. The predicted molar refractivity (Wildman–Crippen MR) is 121 cm³/mol. The Hall–Kier alpha value is -3.55. The van der Waals surface area contributed by atoms with Crippen molar-refractivity contribution < 1.29 is 26.7 Å². The van der Waals surface area contributed by atoms with Crippen molar-refractivity contribution in [2.75, 3.05) is 32.6 Å². The van der Waals surface area contributed by atoms with Crippen molar-refractivity contribution in [3.05, 3.63) is 30.2 Å². The van der Waals surface area contributed by atoms with Crippen molar-refractivity contribution in [2.45, 2.75) is 37.8 Å². The van der Waals surface area contributed by atoms with Crippen molar-refractivity contribution in [3.63, 3.8) is 0 Å². The van der Waals surface area contributed by atoms with Crippen LogP contribution in [0.15, 0.2) is 24.4 Å². The van der Waals surface area contributed by atoms with Crippen LogP contribution >= 0.6 is 0 Å². The Morgan fingerprint density at radius 1 is 1.28 bits per heavy atom. The van der Waals surface area contributed by atoms with Crippen LogP contribution in [0, 0.1) is 5.82 Å². The molecule has 9 nitrogen and oxygen atoms in total. The Morgan fingerprint density at radius 3 is 2.81 bits per heavy atom. The number of aryl methyl sites for hydroxylation is 1. The van der Waals surface area contributed by atoms with E-state index in [9.17, 15) is 17.6 Å². The van der Waals surface area contributed by atoms with Gasteiger partial charge in [-0.25, -0.2) is 31.1 Å². The van der Waals surface area contributed by atoms with E-state index in [1.165, 1.54) is 16.3 Å². The molecule has 1 fully saturated rings. The molecule has 5 rings (SSSR count). The van der Waals surface area contributed by atoms with E-state index < -0.39 is 37.2 Å². The van der Waals surface area contributed by atoms with Gasteiger partial charge < -0.3 is 15.0 Å². The van der Waals surface area contributed by atoms with Crippen LogP contribution in [0.5, 0.6) is 5.88 Å². The molecule has 0 saturated carbocycles. The summed E-state index contributed by atoms with van der Waals surface area (Å²) in [4.78, 5) is 5.77. The maximum Gasteiger partial charge on any atom is 0.280 e. The first kappa shape index (κ1) is 24.2. The number of benzene rings is 1. The first-order chi connectivity index (χ1) is 17.2. The van der Waals surface area contributed by atoms with E-state index in [4.69, 9.17) is 4.74 Å². The fourth-order valence-electron chi connectivity index (χ4n) is 4.45. The molecule has 1 atom stereocenters. The number of piperidine rings is 1. The number of rotatable bonds is 7. The number of nitrogens with zero attached hydrogens (tertiary/aromatic N) is 7. The number of halogens is 5. The number of alkyl halides is 4. The molecule has 1 unspecified atom stereocenters. The summed E-state index contributed by atoms with van der Waals surface area (Å²) in [6, 6.07) is 3.60. The largest absolute Gasteiger partial charge is 0.479 e. The highest BCUT2D eigenvalue weighted by atomic mass is 19.3. The number of aromatic nitrogens is 6. The quantitative estimate of drug-likeness (QED) is 0.380. The topological polar surface area (TPSA) is 85.4 Å². The molecule has 14 heteroatoms. The third-order valence-corrected chi connectivity index (χ3v) is 6.20. The van der Waals surface area contributed by atoms with Crippen LogP contribution in [0.1, 0.15) is 12.8 Å². The van der Waals surface area contributed by atoms with Gasteiger partial charge in [-0.3, -0.25) is 0 Å². The molecule has 4 aromatic rings. The van der Waals surface area contributed by atoms with Gasteiger partial charge in [0.2, 0.25) is 18.3 Å². The number of hydrogen-bond donors (Lipinski definition) is 1. The van der Waals surface area contributed by atoms with Gasteiger partial charge in [0.25, 0.3) is 5.92 Å². The summed E-state index contributed by atoms with van der Waals surface area (Å²) in [5.74, 6) is -3.82. The van der Waals surface area contributed by atoms with Crippen LogP contribution < -0.4 is 10.1 Å². The Balaban J connectivity index is 1.54. The molecule has 1 N–H and O–H groups in total. The standard InChI is InChI=1S/C22H23F5N8O/c1-33-7-5-16(22(26,27)11-33)28-21-29-20(36-2)19-18(13(23)10-35(19)31-21)12-3-4-14-15(9-12)34(32-30-14)8-6-17(24)25/h3-4,9-10,16-17H,5-8,11H2,1-2H3,(H,28,31). The van der Waals surface area contributed by atoms with Gasteiger partial charge in [-0.15, -0.1) is 10.2 Å². The molecule has 1 saturated heterocycles. The summed E-state index contributed by atoms with van der Waals surface area (Å²) < 4.78 is 77.5. The maximum atomic E-state index is 15.2. The van der Waals surface area contributed by atoms with E-state index in [2.05, 4.69) is 25.7 Å². The Kier molecular flexibility index (Phi) is 6.14. The van der Waals surface area contributed by atoms with E-state index >= 15 is 4.39 Å². The summed E-state index contributed by atoms with van der Waals surface area (Å²) >= 11 is 0. The Labute approximate surface area is 201 Å². The van der Waals surface area contributed by atoms with E-state index in [0.717, 1.165) is 6.20 Å². The fraction of sp³-hybridized carbons (Fsp3) is 0.455. The zero-order valence-electron chi connectivity index (χ0n) is 19.4. The molecule has 0 radical (unpaired) electrons. The highest BCUT2D eigenvalue weighted by Crippen LogP contribution is 2.36. The molecule has 4 heterocycles. The van der Waals surface area contributed by atoms with Gasteiger partial charge in [-0.05, 0) is 31.2 Å². The summed E-state index contributed by atoms with van der Waals surface area (Å²) in [5.41, 5.74) is 1.60. The van der Waals surface area contributed by atoms with Crippen molar-refractivity contribution in [1.29, 1.82) is 0 Å². The van der Waals surface area contributed by atoms with Crippen molar-refractivity contribution >= 4 is 22.5 Å². The summed E-state index contributed by atoms with van der Waals surface area (Å²) in [6.07, 6.45) is -1.63. The number of anilines is 1. The minimum atomic E-state index is -3.01. The molecule has 1 aliphatic heterocycles. The van der Waals surface area contributed by atoms with Crippen LogP contribution in [0.2, 0.25) is 0 Å². The lowest BCUT2D eigenvalue weighted by Gasteiger charge is -2.36. The Bertz CT molecular complexity index is 1400. The summed E-state index contributed by atoms with van der Waals surface area (Å²) in [6.45, 7) is 0.0113. The lowest BCUT2D eigenvalue weighted by Crippen LogP contribution is -2.53. The SMILES string of the molecule is COc1nc(NC2CCN(C)CC2(F)F)nn2cc(F)c(-c3ccc4nnn(CCC(F)F)c4c3)c12. The van der Waals surface area contributed by atoms with Gasteiger partial charge in [0.05, 0.1) is 37.0 Å². The molecule has 1 aromatic carbocycles. The van der Waals surface area contributed by atoms with Gasteiger partial charge in [-0.2, -0.15) is 4.98 Å². The van der Waals surface area contributed by atoms with Crippen LogP contribution in [-0.2, 0) is 6.54 Å². The zero-order chi connectivity index (χ0) is 25.6. The number of fused-ring (bicyclic) bond motifs is 2. The molecular weight excluding hydrogens is 487 g/mol. The maximum absolute atomic E-state index is 15.2. The summed E-state index contributed by atoms with van der Waals surface area (Å²) in [7, 11) is 2.95. The van der Waals surface area contributed by atoms with Gasteiger partial charge in [0.15, 0.2) is 5.82 Å². The molecule has 1 aliphatic rings. The van der Waals surface area contributed by atoms with E-state index in [0.29, 0.717) is 23.1 Å². The number of ether oxygens (including phenoxy) is 1. The van der Waals surface area contributed by atoms with Crippen LogP contribution in [0.4, 0.5) is 27.9 Å². The monoisotopic (exact) mass is 510 g/mol. The fourth-order valence-corrected chi connectivity index (χ4v) is 4.45. The lowest BCUT2D eigenvalue weighted by atomic mass is 10.0. The number of likely N-dealkylation sites (tertiary alicyclic amines) is 1. The van der Waals surface area contributed by atoms with Crippen molar-refractivity contribution in [1.82, 2.24) is 34.5 Å². The third-order valence-electron chi connectivity index (χ3n) is 6.20. The van der Waals surface area contributed by atoms with Gasteiger partial charge in [-0.1, -0.05) is 11.3 Å². The van der Waals surface area contributed by atoms with Crippen molar-refractivity contribution in [2.24, 2.45) is 0 Å². The van der Waals surface area contributed by atoms with E-state index in [1.807, 2.05) is 0 Å². The Morgan fingerprint density at radius 2 is 2.08 bits per heavy atom.